The zero-order valence-corrected chi connectivity index (χ0v) is 12.6. The molecule has 98 valence electrons. The summed E-state index contributed by atoms with van der Waals surface area (Å²) in [5, 5.41) is 2.12. The molecule has 0 aromatic heterocycles. The van der Waals surface area contributed by atoms with Crippen LogP contribution in [-0.2, 0) is 4.84 Å². The Balaban J connectivity index is 2.22. The zero-order valence-electron chi connectivity index (χ0n) is 9.54. The van der Waals surface area contributed by atoms with Crippen LogP contribution in [0.4, 0.5) is 0 Å². The van der Waals surface area contributed by atoms with Crippen LogP contribution >= 0.6 is 46.4 Å². The van der Waals surface area contributed by atoms with Gasteiger partial charge in [-0.3, -0.25) is 0 Å². The van der Waals surface area contributed by atoms with Gasteiger partial charge in [0.05, 0.1) is 11.6 Å². The van der Waals surface area contributed by atoms with E-state index in [9.17, 15) is 0 Å². The van der Waals surface area contributed by atoms with Gasteiger partial charge < -0.3 is 4.84 Å². The Kier molecular flexibility index (Phi) is 4.35. The number of hydrogen-bond acceptors (Lipinski definition) is 2. The van der Waals surface area contributed by atoms with E-state index in [0.717, 1.165) is 5.56 Å². The van der Waals surface area contributed by atoms with Crippen molar-refractivity contribution in [2.24, 2.45) is 0 Å². The monoisotopic (exact) mass is 325 g/mol. The molecule has 0 spiro atoms. The van der Waals surface area contributed by atoms with Gasteiger partial charge in [0.15, 0.2) is 0 Å². The summed E-state index contributed by atoms with van der Waals surface area (Å²) >= 11 is 23.5. The van der Waals surface area contributed by atoms with Crippen LogP contribution in [0.25, 0.3) is 0 Å². The first kappa shape index (κ1) is 14.3. The lowest BCUT2D eigenvalue weighted by Gasteiger charge is -2.26. The van der Waals surface area contributed by atoms with Crippen molar-refractivity contribution in [3.63, 3.8) is 0 Å². The standard InChI is InChI=1S/C12H11Cl4NO/c1-8-2-4-9(5-3-8)11-10(13)6-18-17(11)7-12(14,15)16/h2-6,11H,7H2,1H3. The molecule has 1 aromatic carbocycles. The van der Waals surface area contributed by atoms with Crippen molar-refractivity contribution in [3.05, 3.63) is 46.7 Å². The first-order chi connectivity index (χ1) is 8.37. The van der Waals surface area contributed by atoms with E-state index in [1.54, 1.807) is 5.06 Å². The van der Waals surface area contributed by atoms with E-state index in [1.165, 1.54) is 11.8 Å². The van der Waals surface area contributed by atoms with Gasteiger partial charge >= 0.3 is 0 Å². The second-order valence-corrected chi connectivity index (χ2v) is 7.06. The quantitative estimate of drug-likeness (QED) is 0.728. The number of nitrogens with zero attached hydrogens (tertiary/aromatic N) is 1. The predicted octanol–water partition coefficient (Wildman–Crippen LogP) is 4.73. The van der Waals surface area contributed by atoms with Crippen molar-refractivity contribution in [2.45, 2.75) is 16.8 Å². The number of hydrogen-bond donors (Lipinski definition) is 0. The minimum absolute atomic E-state index is 0.128. The van der Waals surface area contributed by atoms with Crippen LogP contribution in [-0.4, -0.2) is 15.4 Å². The Morgan fingerprint density at radius 2 is 1.83 bits per heavy atom. The molecule has 0 saturated heterocycles. The fraction of sp³-hybridized carbons (Fsp3) is 0.333. The van der Waals surface area contributed by atoms with Crippen LogP contribution in [0.3, 0.4) is 0 Å². The molecule has 0 radical (unpaired) electrons. The molecule has 0 fully saturated rings. The molecule has 0 N–H and O–H groups in total. The smallest absolute Gasteiger partial charge is 0.206 e. The second-order valence-electron chi connectivity index (χ2n) is 4.11. The summed E-state index contributed by atoms with van der Waals surface area (Å²) < 4.78 is -1.42. The topological polar surface area (TPSA) is 12.5 Å². The Labute approximate surface area is 126 Å². The third kappa shape index (κ3) is 3.46. The minimum Gasteiger partial charge on any atom is -0.411 e. The second kappa shape index (κ2) is 5.48. The third-order valence-electron chi connectivity index (χ3n) is 2.58. The maximum Gasteiger partial charge on any atom is 0.206 e. The summed E-state index contributed by atoms with van der Waals surface area (Å²) in [5.74, 6) is 0. The SMILES string of the molecule is Cc1ccc(C2C(Cl)=CON2CC(Cl)(Cl)Cl)cc1. The van der Waals surface area contributed by atoms with Crippen molar-refractivity contribution in [2.75, 3.05) is 6.54 Å². The van der Waals surface area contributed by atoms with E-state index in [4.69, 9.17) is 51.2 Å². The summed E-state index contributed by atoms with van der Waals surface area (Å²) in [6, 6.07) is 7.74. The molecular weight excluding hydrogens is 316 g/mol. The molecule has 1 aliphatic rings. The van der Waals surface area contributed by atoms with Crippen LogP contribution in [0.2, 0.25) is 0 Å². The van der Waals surface area contributed by atoms with Gasteiger partial charge in [-0.1, -0.05) is 76.2 Å². The molecule has 0 amide bonds. The highest BCUT2D eigenvalue weighted by atomic mass is 35.6. The van der Waals surface area contributed by atoms with E-state index in [1.807, 2.05) is 31.2 Å². The van der Waals surface area contributed by atoms with E-state index >= 15 is 0 Å². The lowest BCUT2D eigenvalue weighted by molar-refractivity contribution is -0.104. The molecular formula is C12H11Cl4NO. The largest absolute Gasteiger partial charge is 0.411 e. The molecule has 1 unspecified atom stereocenters. The maximum absolute atomic E-state index is 6.14. The predicted molar refractivity (Wildman–Crippen MR) is 75.9 cm³/mol. The van der Waals surface area contributed by atoms with E-state index in [0.29, 0.717) is 5.03 Å². The fourth-order valence-electron chi connectivity index (χ4n) is 1.76. The van der Waals surface area contributed by atoms with Gasteiger partial charge in [-0.25, -0.2) is 0 Å². The molecule has 1 heterocycles. The van der Waals surface area contributed by atoms with Gasteiger partial charge in [-0.15, -0.1) is 5.06 Å². The van der Waals surface area contributed by atoms with E-state index in [2.05, 4.69) is 0 Å². The highest BCUT2D eigenvalue weighted by molar-refractivity contribution is 6.67. The first-order valence-electron chi connectivity index (χ1n) is 5.29. The Hall–Kier alpha value is -0.120. The summed E-state index contributed by atoms with van der Waals surface area (Å²) in [6.45, 7) is 2.15. The lowest BCUT2D eigenvalue weighted by atomic mass is 10.1. The molecule has 6 heteroatoms. The van der Waals surface area contributed by atoms with Gasteiger partial charge in [-0.05, 0) is 12.5 Å². The Morgan fingerprint density at radius 3 is 2.39 bits per heavy atom. The Bertz CT molecular complexity index is 452. The molecule has 18 heavy (non-hydrogen) atoms. The number of aryl methyl sites for hydroxylation is 1. The number of alkyl halides is 3. The average molecular weight is 327 g/mol. The molecule has 0 bridgehead atoms. The number of halogens is 4. The van der Waals surface area contributed by atoms with Gasteiger partial charge in [0.1, 0.15) is 12.3 Å². The molecule has 1 aliphatic heterocycles. The van der Waals surface area contributed by atoms with Gasteiger partial charge in [0.25, 0.3) is 0 Å². The molecule has 0 saturated carbocycles. The first-order valence-corrected chi connectivity index (χ1v) is 6.80. The van der Waals surface area contributed by atoms with Crippen LogP contribution in [0.1, 0.15) is 17.2 Å². The van der Waals surface area contributed by atoms with Crippen molar-refractivity contribution in [1.82, 2.24) is 5.06 Å². The van der Waals surface area contributed by atoms with Crippen molar-refractivity contribution >= 4 is 46.4 Å². The summed E-state index contributed by atoms with van der Waals surface area (Å²) in [6.07, 6.45) is 1.46. The van der Waals surface area contributed by atoms with Crippen LogP contribution in [0.5, 0.6) is 0 Å². The van der Waals surface area contributed by atoms with E-state index < -0.39 is 3.79 Å². The van der Waals surface area contributed by atoms with E-state index in [-0.39, 0.29) is 12.6 Å². The third-order valence-corrected chi connectivity index (χ3v) is 3.23. The highest BCUT2D eigenvalue weighted by Crippen LogP contribution is 2.39. The summed E-state index contributed by atoms with van der Waals surface area (Å²) in [5.41, 5.74) is 2.17. The minimum atomic E-state index is -1.42. The Morgan fingerprint density at radius 1 is 1.22 bits per heavy atom. The molecule has 1 atom stereocenters. The molecule has 2 nitrogen and oxygen atoms in total. The van der Waals surface area contributed by atoms with Crippen molar-refractivity contribution in [1.29, 1.82) is 0 Å². The van der Waals surface area contributed by atoms with Crippen LogP contribution in [0.15, 0.2) is 35.6 Å². The summed E-state index contributed by atoms with van der Waals surface area (Å²) in [7, 11) is 0. The number of benzene rings is 1. The van der Waals surface area contributed by atoms with Gasteiger partial charge in [0, 0.05) is 0 Å². The number of hydroxylamine groups is 2. The highest BCUT2D eigenvalue weighted by Gasteiger charge is 2.35. The van der Waals surface area contributed by atoms with Gasteiger partial charge in [0.2, 0.25) is 3.79 Å². The van der Waals surface area contributed by atoms with Gasteiger partial charge in [-0.2, -0.15) is 0 Å². The average Bonchev–Trinajstić information content (AvgIpc) is 2.59. The summed E-state index contributed by atoms with van der Waals surface area (Å²) in [4.78, 5) is 5.32. The lowest BCUT2D eigenvalue weighted by Crippen LogP contribution is -2.32. The van der Waals surface area contributed by atoms with Crippen LogP contribution < -0.4 is 0 Å². The zero-order chi connectivity index (χ0) is 13.3. The van der Waals surface area contributed by atoms with Crippen molar-refractivity contribution in [3.8, 4) is 0 Å². The molecule has 0 aliphatic carbocycles. The number of rotatable bonds is 2. The molecule has 1 aromatic rings. The molecule has 2 rings (SSSR count). The maximum atomic E-state index is 6.14. The van der Waals surface area contributed by atoms with Crippen molar-refractivity contribution < 1.29 is 4.84 Å². The normalized spacial score (nSPS) is 20.7. The fourth-order valence-corrected chi connectivity index (χ4v) is 2.39. The van der Waals surface area contributed by atoms with Crippen LogP contribution in [0, 0.1) is 6.92 Å².